The van der Waals surface area contributed by atoms with Crippen LogP contribution in [0.15, 0.2) is 36.4 Å². The lowest BCUT2D eigenvalue weighted by Gasteiger charge is -2.23. The van der Waals surface area contributed by atoms with Gasteiger partial charge in [0.25, 0.3) is 5.69 Å². The summed E-state index contributed by atoms with van der Waals surface area (Å²) in [6.45, 7) is 7.38. The van der Waals surface area contributed by atoms with Gasteiger partial charge in [0.2, 0.25) is 0 Å². The fraction of sp³-hybridized carbons (Fsp3) is 0.438. The Morgan fingerprint density at radius 1 is 1.36 bits per heavy atom. The highest BCUT2D eigenvalue weighted by Gasteiger charge is 2.23. The average Bonchev–Trinajstić information content (AvgIpc) is 2.42. The number of nitro groups is 1. The maximum absolute atomic E-state index is 12.2. The number of carbonyl (C=O) groups is 1. The minimum absolute atomic E-state index is 0.00321. The van der Waals surface area contributed by atoms with Crippen LogP contribution in [0.3, 0.4) is 0 Å². The quantitative estimate of drug-likeness (QED) is 0.375. The lowest BCUT2D eigenvalue weighted by Crippen LogP contribution is -2.35. The zero-order chi connectivity index (χ0) is 16.8. The zero-order valence-corrected chi connectivity index (χ0v) is 13.3. The molecule has 0 saturated carbocycles. The van der Waals surface area contributed by atoms with E-state index >= 15 is 0 Å². The van der Waals surface area contributed by atoms with Crippen molar-refractivity contribution in [1.82, 2.24) is 0 Å². The van der Waals surface area contributed by atoms with Gasteiger partial charge in [-0.3, -0.25) is 10.1 Å². The molecule has 0 heterocycles. The molecule has 1 unspecified atom stereocenters. The van der Waals surface area contributed by atoms with E-state index in [1.54, 1.807) is 39.0 Å². The van der Waals surface area contributed by atoms with Crippen LogP contribution in [0.1, 0.15) is 34.1 Å². The minimum atomic E-state index is -0.638. The van der Waals surface area contributed by atoms with Crippen LogP contribution < -0.4 is 5.32 Å². The minimum Gasteiger partial charge on any atom is -0.458 e. The van der Waals surface area contributed by atoms with Crippen LogP contribution in [-0.2, 0) is 9.53 Å². The van der Waals surface area contributed by atoms with Gasteiger partial charge in [-0.05, 0) is 39.3 Å². The van der Waals surface area contributed by atoms with E-state index in [0.29, 0.717) is 5.69 Å². The molecule has 0 radical (unpaired) electrons. The number of hydrogen-bond acceptors (Lipinski definition) is 5. The highest BCUT2D eigenvalue weighted by Crippen LogP contribution is 2.18. The molecule has 1 aromatic rings. The molecule has 0 amide bonds. The number of rotatable bonds is 6. The molecular formula is C16H22N2O4. The number of allylic oxidation sites excluding steroid dienone is 1. The smallest absolute Gasteiger partial charge is 0.333 e. The molecule has 0 spiro atoms. The van der Waals surface area contributed by atoms with Crippen molar-refractivity contribution in [2.24, 2.45) is 0 Å². The number of anilines is 1. The van der Waals surface area contributed by atoms with Gasteiger partial charge in [-0.25, -0.2) is 4.79 Å². The molecule has 0 aliphatic heterocycles. The Bertz CT molecular complexity index is 544. The van der Waals surface area contributed by atoms with Crippen LogP contribution in [0.25, 0.3) is 0 Å². The molecule has 0 aliphatic carbocycles. The van der Waals surface area contributed by atoms with E-state index < -0.39 is 22.5 Å². The Hall–Kier alpha value is -2.37. The van der Waals surface area contributed by atoms with Gasteiger partial charge < -0.3 is 10.1 Å². The van der Waals surface area contributed by atoms with Crippen LogP contribution in [0.4, 0.5) is 11.4 Å². The fourth-order valence-corrected chi connectivity index (χ4v) is 1.68. The summed E-state index contributed by atoms with van der Waals surface area (Å²) in [4.78, 5) is 22.4. The first-order valence-electron chi connectivity index (χ1n) is 7.13. The number of esters is 1. The number of ether oxygens (including phenoxy) is 1. The van der Waals surface area contributed by atoms with E-state index in [2.05, 4.69) is 5.32 Å². The Morgan fingerprint density at radius 3 is 2.41 bits per heavy atom. The monoisotopic (exact) mass is 306 g/mol. The van der Waals surface area contributed by atoms with Gasteiger partial charge in [0.15, 0.2) is 0 Å². The normalized spacial score (nSPS) is 12.9. The molecule has 22 heavy (non-hydrogen) atoms. The van der Waals surface area contributed by atoms with Gasteiger partial charge in [0.1, 0.15) is 11.6 Å². The molecule has 0 fully saturated rings. The van der Waals surface area contributed by atoms with Gasteiger partial charge in [-0.2, -0.15) is 0 Å². The third-order valence-electron chi connectivity index (χ3n) is 2.63. The fourth-order valence-electron chi connectivity index (χ4n) is 1.68. The SMILES string of the molecule is CC/C=C/C(Nc1ccc([N+](=O)[O-])cc1)C(=O)OC(C)(C)C. The molecule has 1 rings (SSSR count). The van der Waals surface area contributed by atoms with E-state index in [1.807, 2.05) is 13.0 Å². The number of nitrogens with zero attached hydrogens (tertiary/aromatic N) is 1. The van der Waals surface area contributed by atoms with Crippen molar-refractivity contribution in [3.05, 3.63) is 46.5 Å². The van der Waals surface area contributed by atoms with Crippen LogP contribution in [0.5, 0.6) is 0 Å². The summed E-state index contributed by atoms with van der Waals surface area (Å²) < 4.78 is 5.37. The largest absolute Gasteiger partial charge is 0.458 e. The molecule has 6 heteroatoms. The summed E-state index contributed by atoms with van der Waals surface area (Å²) in [6.07, 6.45) is 4.39. The summed E-state index contributed by atoms with van der Waals surface area (Å²) >= 11 is 0. The van der Waals surface area contributed by atoms with Gasteiger partial charge >= 0.3 is 5.97 Å². The molecule has 1 atom stereocenters. The van der Waals surface area contributed by atoms with E-state index in [-0.39, 0.29) is 5.69 Å². The van der Waals surface area contributed by atoms with Crippen molar-refractivity contribution in [1.29, 1.82) is 0 Å². The number of carbonyl (C=O) groups excluding carboxylic acids is 1. The number of benzene rings is 1. The average molecular weight is 306 g/mol. The van der Waals surface area contributed by atoms with Crippen LogP contribution in [0.2, 0.25) is 0 Å². The van der Waals surface area contributed by atoms with Crippen molar-refractivity contribution >= 4 is 17.3 Å². The summed E-state index contributed by atoms with van der Waals surface area (Å²) in [5.74, 6) is -0.393. The standard InChI is InChI=1S/C16H22N2O4/c1-5-6-7-14(15(19)22-16(2,3)4)17-12-8-10-13(11-9-12)18(20)21/h6-11,14,17H,5H2,1-4H3/b7-6+. The summed E-state index contributed by atoms with van der Waals surface area (Å²) in [7, 11) is 0. The molecule has 0 aliphatic rings. The number of nitrogens with one attached hydrogen (secondary N) is 1. The van der Waals surface area contributed by atoms with Crippen molar-refractivity contribution in [2.75, 3.05) is 5.32 Å². The predicted molar refractivity (Wildman–Crippen MR) is 85.8 cm³/mol. The van der Waals surface area contributed by atoms with Crippen LogP contribution in [-0.4, -0.2) is 22.5 Å². The first kappa shape index (κ1) is 17.7. The summed E-state index contributed by atoms with van der Waals surface area (Å²) in [5, 5.41) is 13.7. The third kappa shape index (κ3) is 5.95. The van der Waals surface area contributed by atoms with Crippen molar-refractivity contribution in [2.45, 2.75) is 45.8 Å². The summed E-state index contributed by atoms with van der Waals surface area (Å²) in [5.41, 5.74) is 0.0395. The molecule has 6 nitrogen and oxygen atoms in total. The van der Waals surface area contributed by atoms with Crippen LogP contribution >= 0.6 is 0 Å². The molecule has 0 aromatic heterocycles. The topological polar surface area (TPSA) is 81.5 Å². The van der Waals surface area contributed by atoms with E-state index in [1.165, 1.54) is 12.1 Å². The second-order valence-electron chi connectivity index (χ2n) is 5.80. The van der Waals surface area contributed by atoms with Gasteiger partial charge in [-0.1, -0.05) is 19.1 Å². The Kier molecular flexibility index (Phi) is 6.10. The van der Waals surface area contributed by atoms with Gasteiger partial charge in [0, 0.05) is 17.8 Å². The number of non-ortho nitro benzene ring substituents is 1. The molecule has 1 aromatic carbocycles. The summed E-state index contributed by atoms with van der Waals surface area (Å²) in [6, 6.07) is 5.27. The molecule has 0 bridgehead atoms. The molecule has 120 valence electrons. The lowest BCUT2D eigenvalue weighted by atomic mass is 10.1. The first-order chi connectivity index (χ1) is 10.2. The van der Waals surface area contributed by atoms with Gasteiger partial charge in [-0.15, -0.1) is 0 Å². The molecule has 1 N–H and O–H groups in total. The van der Waals surface area contributed by atoms with Crippen molar-refractivity contribution in [3.63, 3.8) is 0 Å². The second-order valence-corrected chi connectivity index (χ2v) is 5.80. The van der Waals surface area contributed by atoms with Crippen LogP contribution in [0, 0.1) is 10.1 Å². The maximum Gasteiger partial charge on any atom is 0.333 e. The Balaban J connectivity index is 2.86. The van der Waals surface area contributed by atoms with Crippen molar-refractivity contribution < 1.29 is 14.5 Å². The zero-order valence-electron chi connectivity index (χ0n) is 13.3. The Labute approximate surface area is 130 Å². The maximum atomic E-state index is 12.2. The highest BCUT2D eigenvalue weighted by molar-refractivity contribution is 5.82. The van der Waals surface area contributed by atoms with Crippen molar-refractivity contribution in [3.8, 4) is 0 Å². The molecular weight excluding hydrogens is 284 g/mol. The lowest BCUT2D eigenvalue weighted by molar-refractivity contribution is -0.384. The molecule has 0 saturated heterocycles. The Morgan fingerprint density at radius 2 is 1.95 bits per heavy atom. The van der Waals surface area contributed by atoms with Gasteiger partial charge in [0.05, 0.1) is 4.92 Å². The predicted octanol–water partition coefficient (Wildman–Crippen LogP) is 3.68. The number of hydrogen-bond donors (Lipinski definition) is 1. The first-order valence-corrected chi connectivity index (χ1v) is 7.13. The van der Waals surface area contributed by atoms with E-state index in [0.717, 1.165) is 6.42 Å². The highest BCUT2D eigenvalue weighted by atomic mass is 16.6. The second kappa shape index (κ2) is 7.59. The van der Waals surface area contributed by atoms with E-state index in [9.17, 15) is 14.9 Å². The third-order valence-corrected chi connectivity index (χ3v) is 2.63. The number of nitro benzene ring substituents is 1. The van der Waals surface area contributed by atoms with E-state index in [4.69, 9.17) is 4.74 Å².